The van der Waals surface area contributed by atoms with E-state index in [2.05, 4.69) is 19.2 Å². The highest BCUT2D eigenvalue weighted by Gasteiger charge is 2.44. The normalized spacial score (nSPS) is 19.4. The molecule has 0 spiro atoms. The molecule has 1 aromatic heterocycles. The molecule has 1 atom stereocenters. The fourth-order valence-corrected chi connectivity index (χ4v) is 4.99. The lowest BCUT2D eigenvalue weighted by Crippen LogP contribution is -2.40. The first-order valence-corrected chi connectivity index (χ1v) is 11.4. The largest absolute Gasteiger partial charge is 0.464 e. The Kier molecular flexibility index (Phi) is 5.20. The summed E-state index contributed by atoms with van der Waals surface area (Å²) < 4.78 is 6.07. The molecule has 2 aromatic carbocycles. The van der Waals surface area contributed by atoms with Crippen LogP contribution in [0.2, 0.25) is 0 Å². The van der Waals surface area contributed by atoms with E-state index in [1.54, 1.807) is 4.90 Å². The second kappa shape index (κ2) is 8.07. The molecule has 168 valence electrons. The van der Waals surface area contributed by atoms with Crippen LogP contribution < -0.4 is 10.2 Å². The first-order chi connectivity index (χ1) is 15.8. The van der Waals surface area contributed by atoms with E-state index in [0.29, 0.717) is 17.8 Å². The molecule has 2 aliphatic rings. The van der Waals surface area contributed by atoms with Crippen molar-refractivity contribution in [2.45, 2.75) is 46.1 Å². The van der Waals surface area contributed by atoms with Crippen molar-refractivity contribution < 1.29 is 14.0 Å². The third-order valence-electron chi connectivity index (χ3n) is 6.40. The number of fused-ring (bicyclic) bond motifs is 1. The zero-order chi connectivity index (χ0) is 23.2. The van der Waals surface area contributed by atoms with Gasteiger partial charge in [0.25, 0.3) is 0 Å². The van der Waals surface area contributed by atoms with Crippen LogP contribution in [0.15, 0.2) is 82.4 Å². The number of nitrogens with zero attached hydrogens (tertiary/aromatic N) is 1. The molecule has 1 amide bonds. The van der Waals surface area contributed by atoms with Crippen LogP contribution in [0.5, 0.6) is 0 Å². The number of furan rings is 1. The van der Waals surface area contributed by atoms with Crippen LogP contribution in [0.3, 0.4) is 0 Å². The fraction of sp³-hybridized carbons (Fsp3) is 0.286. The van der Waals surface area contributed by atoms with E-state index in [4.69, 9.17) is 4.42 Å². The highest BCUT2D eigenvalue weighted by Crippen LogP contribution is 2.48. The molecule has 5 nitrogen and oxygen atoms in total. The lowest BCUT2D eigenvalue weighted by molar-refractivity contribution is -0.119. The predicted molar refractivity (Wildman–Crippen MR) is 129 cm³/mol. The summed E-state index contributed by atoms with van der Waals surface area (Å²) in [6, 6.07) is 20.6. The number of Topliss-reactive ketones (excluding diaryl/α,β-unsaturated/α-hetero) is 1. The van der Waals surface area contributed by atoms with Gasteiger partial charge in [-0.3, -0.25) is 14.5 Å². The van der Waals surface area contributed by atoms with Gasteiger partial charge in [-0.1, -0.05) is 56.3 Å². The topological polar surface area (TPSA) is 62.6 Å². The van der Waals surface area contributed by atoms with Crippen molar-refractivity contribution in [3.8, 4) is 0 Å². The molecule has 0 bridgehead atoms. The molecule has 1 unspecified atom stereocenters. The van der Waals surface area contributed by atoms with Crippen molar-refractivity contribution in [1.82, 2.24) is 0 Å². The summed E-state index contributed by atoms with van der Waals surface area (Å²) in [5, 5.41) is 3.53. The van der Waals surface area contributed by atoms with Gasteiger partial charge in [0.2, 0.25) is 5.91 Å². The number of nitrogens with one attached hydrogen (secondary N) is 1. The highest BCUT2D eigenvalue weighted by atomic mass is 16.3. The standard InChI is InChI=1S/C28H28N2O3/c1-18-13-14-24(33-18)27-26-21(16-28(2,3)17-23(26)31)29-20-11-7-8-12-22(20)30(27)25(32)15-19-9-5-4-6-10-19/h4-14,27,29H,15-17H2,1-3H3. The average Bonchev–Trinajstić information content (AvgIpc) is 3.13. The Morgan fingerprint density at radius 2 is 1.76 bits per heavy atom. The maximum Gasteiger partial charge on any atom is 0.232 e. The third-order valence-corrected chi connectivity index (χ3v) is 6.40. The monoisotopic (exact) mass is 440 g/mol. The number of carbonyl (C=O) groups excluding carboxylic acids is 2. The Morgan fingerprint density at radius 3 is 2.48 bits per heavy atom. The van der Waals surface area contributed by atoms with Crippen LogP contribution in [-0.4, -0.2) is 11.7 Å². The molecule has 1 aliphatic heterocycles. The van der Waals surface area contributed by atoms with Crippen LogP contribution in [-0.2, 0) is 16.0 Å². The minimum absolute atomic E-state index is 0.0538. The zero-order valence-corrected chi connectivity index (χ0v) is 19.2. The first kappa shape index (κ1) is 21.3. The Labute approximate surface area is 194 Å². The second-order valence-corrected chi connectivity index (χ2v) is 9.75. The van der Waals surface area contributed by atoms with Gasteiger partial charge < -0.3 is 9.73 Å². The van der Waals surface area contributed by atoms with Gasteiger partial charge in [-0.25, -0.2) is 0 Å². The minimum Gasteiger partial charge on any atom is -0.464 e. The van der Waals surface area contributed by atoms with E-state index in [1.165, 1.54) is 0 Å². The van der Waals surface area contributed by atoms with Gasteiger partial charge in [0.05, 0.1) is 17.8 Å². The van der Waals surface area contributed by atoms with Crippen molar-refractivity contribution in [2.75, 3.05) is 10.2 Å². The van der Waals surface area contributed by atoms with Crippen molar-refractivity contribution in [3.63, 3.8) is 0 Å². The fourth-order valence-electron chi connectivity index (χ4n) is 4.99. The molecule has 0 fully saturated rings. The molecule has 2 heterocycles. The smallest absolute Gasteiger partial charge is 0.232 e. The predicted octanol–water partition coefficient (Wildman–Crippen LogP) is 5.97. The van der Waals surface area contributed by atoms with E-state index in [9.17, 15) is 9.59 Å². The van der Waals surface area contributed by atoms with Crippen LogP contribution in [0.1, 0.15) is 49.8 Å². The van der Waals surface area contributed by atoms with Gasteiger partial charge in [0.15, 0.2) is 5.78 Å². The molecular formula is C28H28N2O3. The quantitative estimate of drug-likeness (QED) is 0.545. The van der Waals surface area contributed by atoms with Crippen LogP contribution in [0.4, 0.5) is 11.4 Å². The van der Waals surface area contributed by atoms with Crippen LogP contribution >= 0.6 is 0 Å². The molecule has 0 radical (unpaired) electrons. The van der Waals surface area contributed by atoms with Crippen molar-refractivity contribution >= 4 is 23.1 Å². The van der Waals surface area contributed by atoms with Gasteiger partial charge in [-0.15, -0.1) is 0 Å². The summed E-state index contributed by atoms with van der Waals surface area (Å²) in [4.78, 5) is 29.2. The number of allylic oxidation sites excluding steroid dienone is 1. The Hall–Kier alpha value is -3.60. The van der Waals surface area contributed by atoms with Crippen molar-refractivity contribution in [3.05, 3.63) is 95.1 Å². The summed E-state index contributed by atoms with van der Waals surface area (Å²) in [6.45, 7) is 6.10. The summed E-state index contributed by atoms with van der Waals surface area (Å²) in [5.74, 6) is 1.32. The number of carbonyl (C=O) groups is 2. The molecule has 1 N–H and O–H groups in total. The van der Waals surface area contributed by atoms with Crippen molar-refractivity contribution in [1.29, 1.82) is 0 Å². The molecule has 1 aliphatic carbocycles. The number of aryl methyl sites for hydroxylation is 1. The lowest BCUT2D eigenvalue weighted by Gasteiger charge is -2.36. The van der Waals surface area contributed by atoms with E-state index >= 15 is 0 Å². The van der Waals surface area contributed by atoms with E-state index in [0.717, 1.165) is 34.8 Å². The number of benzene rings is 2. The van der Waals surface area contributed by atoms with Gasteiger partial charge in [0, 0.05) is 17.7 Å². The minimum atomic E-state index is -0.621. The first-order valence-electron chi connectivity index (χ1n) is 11.4. The number of amides is 1. The summed E-state index contributed by atoms with van der Waals surface area (Å²) in [5.41, 5.74) is 3.83. The van der Waals surface area contributed by atoms with Gasteiger partial charge in [-0.2, -0.15) is 0 Å². The molecular weight excluding hydrogens is 412 g/mol. The summed E-state index contributed by atoms with van der Waals surface area (Å²) >= 11 is 0. The SMILES string of the molecule is Cc1ccc(C2C3=C(CC(C)(C)CC3=O)Nc3ccccc3N2C(=O)Cc2ccccc2)o1. The van der Waals surface area contributed by atoms with Crippen LogP contribution in [0.25, 0.3) is 0 Å². The summed E-state index contributed by atoms with van der Waals surface area (Å²) in [6.07, 6.45) is 1.38. The maximum absolute atomic E-state index is 13.9. The number of hydrogen-bond donors (Lipinski definition) is 1. The second-order valence-electron chi connectivity index (χ2n) is 9.75. The number of para-hydroxylation sites is 2. The van der Waals surface area contributed by atoms with E-state index in [1.807, 2.05) is 73.7 Å². The Bertz CT molecular complexity index is 1250. The van der Waals surface area contributed by atoms with E-state index in [-0.39, 0.29) is 23.5 Å². The van der Waals surface area contributed by atoms with Gasteiger partial charge in [-0.05, 0) is 48.6 Å². The lowest BCUT2D eigenvalue weighted by atomic mass is 9.74. The highest BCUT2D eigenvalue weighted by molar-refractivity contribution is 6.06. The molecule has 5 heteroatoms. The van der Waals surface area contributed by atoms with Crippen LogP contribution in [0, 0.1) is 12.3 Å². The third kappa shape index (κ3) is 3.99. The molecule has 3 aromatic rings. The van der Waals surface area contributed by atoms with Gasteiger partial charge >= 0.3 is 0 Å². The maximum atomic E-state index is 13.9. The summed E-state index contributed by atoms with van der Waals surface area (Å²) in [7, 11) is 0. The number of rotatable bonds is 3. The number of ketones is 1. The number of anilines is 2. The Balaban J connectivity index is 1.71. The molecule has 33 heavy (non-hydrogen) atoms. The Morgan fingerprint density at radius 1 is 1.03 bits per heavy atom. The van der Waals surface area contributed by atoms with Crippen molar-refractivity contribution in [2.24, 2.45) is 5.41 Å². The van der Waals surface area contributed by atoms with E-state index < -0.39 is 6.04 Å². The molecule has 5 rings (SSSR count). The molecule has 0 saturated heterocycles. The van der Waals surface area contributed by atoms with Gasteiger partial charge in [0.1, 0.15) is 17.6 Å². The zero-order valence-electron chi connectivity index (χ0n) is 19.2. The number of hydrogen-bond acceptors (Lipinski definition) is 4. The average molecular weight is 441 g/mol. The molecule has 0 saturated carbocycles.